The molecule has 2 aromatic carbocycles. The fourth-order valence-electron chi connectivity index (χ4n) is 2.02. The number of hydrogen-bond acceptors (Lipinski definition) is 2. The van der Waals surface area contributed by atoms with E-state index in [0.717, 1.165) is 5.56 Å². The Kier molecular flexibility index (Phi) is 4.93. The van der Waals surface area contributed by atoms with Crippen molar-refractivity contribution >= 4 is 5.91 Å². The molecule has 0 aromatic heterocycles. The summed E-state index contributed by atoms with van der Waals surface area (Å²) in [6, 6.07) is 13.3. The first-order chi connectivity index (χ1) is 10.1. The summed E-state index contributed by atoms with van der Waals surface area (Å²) in [6.07, 6.45) is 0. The first-order valence-corrected chi connectivity index (χ1v) is 6.78. The van der Waals surface area contributed by atoms with Crippen molar-refractivity contribution < 1.29 is 13.9 Å². The van der Waals surface area contributed by atoms with Crippen LogP contribution >= 0.6 is 0 Å². The van der Waals surface area contributed by atoms with Gasteiger partial charge in [-0.3, -0.25) is 4.79 Å². The van der Waals surface area contributed by atoms with Crippen LogP contribution in [0.2, 0.25) is 0 Å². The Morgan fingerprint density at radius 2 is 1.95 bits per heavy atom. The van der Waals surface area contributed by atoms with Crippen LogP contribution in [0.15, 0.2) is 48.5 Å². The van der Waals surface area contributed by atoms with E-state index in [1.165, 1.54) is 12.1 Å². The molecule has 2 aromatic rings. The number of halogens is 1. The minimum Gasteiger partial charge on any atom is -0.497 e. The predicted molar refractivity (Wildman–Crippen MR) is 80.1 cm³/mol. The maximum atomic E-state index is 12.9. The molecule has 0 spiro atoms. The topological polar surface area (TPSA) is 38.3 Å². The van der Waals surface area contributed by atoms with E-state index in [1.54, 1.807) is 43.5 Å². The zero-order valence-electron chi connectivity index (χ0n) is 12.1. The number of carbonyl (C=O) groups is 1. The first kappa shape index (κ1) is 15.0. The monoisotopic (exact) mass is 287 g/mol. The van der Waals surface area contributed by atoms with Crippen LogP contribution in [0.4, 0.5) is 4.39 Å². The summed E-state index contributed by atoms with van der Waals surface area (Å²) in [5, 5.41) is 2.87. The van der Waals surface area contributed by atoms with E-state index < -0.39 is 0 Å². The van der Waals surface area contributed by atoms with Crippen LogP contribution in [-0.2, 0) is 0 Å². The molecule has 0 radical (unpaired) electrons. The molecule has 110 valence electrons. The molecule has 2 rings (SSSR count). The molecule has 1 unspecified atom stereocenters. The van der Waals surface area contributed by atoms with Crippen molar-refractivity contribution in [2.24, 2.45) is 0 Å². The third-order valence-corrected chi connectivity index (χ3v) is 3.34. The van der Waals surface area contributed by atoms with Gasteiger partial charge in [0, 0.05) is 12.1 Å². The van der Waals surface area contributed by atoms with Gasteiger partial charge in [0.25, 0.3) is 5.91 Å². The molecule has 21 heavy (non-hydrogen) atoms. The number of ether oxygens (including phenoxy) is 1. The standard InChI is InChI=1S/C17H18FNO2/c1-12(13-6-8-15(18)9-7-13)11-19-17(20)14-4-3-5-16(10-14)21-2/h3-10,12H,11H2,1-2H3,(H,19,20). The molecule has 0 bridgehead atoms. The zero-order chi connectivity index (χ0) is 15.2. The highest BCUT2D eigenvalue weighted by atomic mass is 19.1. The quantitative estimate of drug-likeness (QED) is 0.915. The van der Waals surface area contributed by atoms with Gasteiger partial charge < -0.3 is 10.1 Å². The predicted octanol–water partition coefficient (Wildman–Crippen LogP) is 3.37. The lowest BCUT2D eigenvalue weighted by molar-refractivity contribution is 0.0951. The Morgan fingerprint density at radius 1 is 1.24 bits per heavy atom. The van der Waals surface area contributed by atoms with Crippen LogP contribution in [0.3, 0.4) is 0 Å². The van der Waals surface area contributed by atoms with Crippen molar-refractivity contribution in [2.75, 3.05) is 13.7 Å². The van der Waals surface area contributed by atoms with E-state index in [2.05, 4.69) is 5.32 Å². The van der Waals surface area contributed by atoms with Gasteiger partial charge in [0.2, 0.25) is 0 Å². The van der Waals surface area contributed by atoms with Crippen molar-refractivity contribution in [1.82, 2.24) is 5.32 Å². The van der Waals surface area contributed by atoms with Crippen molar-refractivity contribution in [3.05, 3.63) is 65.5 Å². The van der Waals surface area contributed by atoms with E-state index >= 15 is 0 Å². The number of amides is 1. The van der Waals surface area contributed by atoms with Crippen molar-refractivity contribution in [1.29, 1.82) is 0 Å². The molecular weight excluding hydrogens is 269 g/mol. The molecule has 0 aliphatic carbocycles. The van der Waals surface area contributed by atoms with Gasteiger partial charge in [-0.15, -0.1) is 0 Å². The number of nitrogens with one attached hydrogen (secondary N) is 1. The summed E-state index contributed by atoms with van der Waals surface area (Å²) < 4.78 is 18.0. The van der Waals surface area contributed by atoms with E-state index in [9.17, 15) is 9.18 Å². The smallest absolute Gasteiger partial charge is 0.251 e. The summed E-state index contributed by atoms with van der Waals surface area (Å²) in [4.78, 5) is 12.1. The highest BCUT2D eigenvalue weighted by Gasteiger charge is 2.10. The van der Waals surface area contributed by atoms with Gasteiger partial charge in [-0.05, 0) is 41.8 Å². The van der Waals surface area contributed by atoms with Crippen molar-refractivity contribution in [2.45, 2.75) is 12.8 Å². The molecule has 0 saturated carbocycles. The third-order valence-electron chi connectivity index (χ3n) is 3.34. The van der Waals surface area contributed by atoms with Crippen LogP contribution in [0.1, 0.15) is 28.8 Å². The third kappa shape index (κ3) is 4.05. The zero-order valence-corrected chi connectivity index (χ0v) is 12.1. The summed E-state index contributed by atoms with van der Waals surface area (Å²) in [7, 11) is 1.56. The van der Waals surface area contributed by atoms with Gasteiger partial charge >= 0.3 is 0 Å². The van der Waals surface area contributed by atoms with Crippen LogP contribution in [-0.4, -0.2) is 19.6 Å². The molecule has 0 aliphatic heterocycles. The van der Waals surface area contributed by atoms with Gasteiger partial charge in [-0.2, -0.15) is 0 Å². The van der Waals surface area contributed by atoms with Crippen LogP contribution < -0.4 is 10.1 Å². The number of methoxy groups -OCH3 is 1. The lowest BCUT2D eigenvalue weighted by Crippen LogP contribution is -2.27. The number of rotatable bonds is 5. The summed E-state index contributed by atoms with van der Waals surface area (Å²) in [6.45, 7) is 2.47. The lowest BCUT2D eigenvalue weighted by Gasteiger charge is -2.13. The van der Waals surface area contributed by atoms with Crippen LogP contribution in [0.5, 0.6) is 5.75 Å². The van der Waals surface area contributed by atoms with Crippen molar-refractivity contribution in [3.8, 4) is 5.75 Å². The Bertz CT molecular complexity index is 610. The molecule has 0 heterocycles. The summed E-state index contributed by atoms with van der Waals surface area (Å²) in [5.74, 6) is 0.351. The van der Waals surface area contributed by atoms with Gasteiger partial charge in [0.15, 0.2) is 0 Å². The molecule has 1 N–H and O–H groups in total. The molecular formula is C17H18FNO2. The van der Waals surface area contributed by atoms with E-state index in [-0.39, 0.29) is 17.6 Å². The minimum atomic E-state index is -0.258. The fourth-order valence-corrected chi connectivity index (χ4v) is 2.02. The van der Waals surface area contributed by atoms with E-state index in [1.807, 2.05) is 6.92 Å². The van der Waals surface area contributed by atoms with Crippen molar-refractivity contribution in [3.63, 3.8) is 0 Å². The fraction of sp³-hybridized carbons (Fsp3) is 0.235. The molecule has 3 nitrogen and oxygen atoms in total. The van der Waals surface area contributed by atoms with Crippen LogP contribution in [0.25, 0.3) is 0 Å². The maximum Gasteiger partial charge on any atom is 0.251 e. The number of hydrogen-bond donors (Lipinski definition) is 1. The molecule has 0 saturated heterocycles. The molecule has 1 atom stereocenters. The highest BCUT2D eigenvalue weighted by molar-refractivity contribution is 5.94. The molecule has 1 amide bonds. The Balaban J connectivity index is 1.95. The number of benzene rings is 2. The minimum absolute atomic E-state index is 0.111. The van der Waals surface area contributed by atoms with E-state index in [0.29, 0.717) is 17.9 Å². The Morgan fingerprint density at radius 3 is 2.62 bits per heavy atom. The SMILES string of the molecule is COc1cccc(C(=O)NCC(C)c2ccc(F)cc2)c1. The molecule has 4 heteroatoms. The number of carbonyl (C=O) groups excluding carboxylic acids is 1. The summed E-state index contributed by atoms with van der Waals surface area (Å²) >= 11 is 0. The summed E-state index contributed by atoms with van der Waals surface area (Å²) in [5.41, 5.74) is 1.54. The van der Waals surface area contributed by atoms with Gasteiger partial charge in [-0.25, -0.2) is 4.39 Å². The lowest BCUT2D eigenvalue weighted by atomic mass is 10.0. The maximum absolute atomic E-state index is 12.9. The Hall–Kier alpha value is -2.36. The van der Waals surface area contributed by atoms with Gasteiger partial charge in [-0.1, -0.05) is 25.1 Å². The average molecular weight is 287 g/mol. The Labute approximate surface area is 123 Å². The second-order valence-corrected chi connectivity index (χ2v) is 4.89. The second-order valence-electron chi connectivity index (χ2n) is 4.89. The first-order valence-electron chi connectivity index (χ1n) is 6.78. The second kappa shape index (κ2) is 6.88. The largest absolute Gasteiger partial charge is 0.497 e. The van der Waals surface area contributed by atoms with Gasteiger partial charge in [0.05, 0.1) is 7.11 Å². The molecule has 0 aliphatic rings. The normalized spacial score (nSPS) is 11.8. The van der Waals surface area contributed by atoms with E-state index in [4.69, 9.17) is 4.74 Å². The van der Waals surface area contributed by atoms with Crippen LogP contribution in [0, 0.1) is 5.82 Å². The average Bonchev–Trinajstić information content (AvgIpc) is 2.53. The highest BCUT2D eigenvalue weighted by Crippen LogP contribution is 2.16. The van der Waals surface area contributed by atoms with Gasteiger partial charge in [0.1, 0.15) is 11.6 Å². The molecule has 0 fully saturated rings.